The molecule has 1 aliphatic rings. The minimum Gasteiger partial charge on any atom is -0.466 e. The van der Waals surface area contributed by atoms with Gasteiger partial charge in [-0.1, -0.05) is 0 Å². The molecule has 2 rings (SSSR count). The molecule has 1 saturated carbocycles. The summed E-state index contributed by atoms with van der Waals surface area (Å²) in [6, 6.07) is 4.68. The van der Waals surface area contributed by atoms with Crippen LogP contribution in [-0.4, -0.2) is 6.54 Å². The Labute approximate surface area is 103 Å². The van der Waals surface area contributed by atoms with E-state index in [0.29, 0.717) is 12.5 Å². The van der Waals surface area contributed by atoms with Crippen LogP contribution in [0.5, 0.6) is 0 Å². The molecule has 0 spiro atoms. The summed E-state index contributed by atoms with van der Waals surface area (Å²) in [5.41, 5.74) is 1.49. The van der Waals surface area contributed by atoms with Gasteiger partial charge in [0.1, 0.15) is 11.5 Å². The van der Waals surface area contributed by atoms with Gasteiger partial charge in [-0.15, -0.1) is 0 Å². The van der Waals surface area contributed by atoms with Gasteiger partial charge < -0.3 is 9.73 Å². The lowest BCUT2D eigenvalue weighted by Gasteiger charge is -2.17. The smallest absolute Gasteiger partial charge is 0.105 e. The van der Waals surface area contributed by atoms with Crippen LogP contribution in [0.2, 0.25) is 0 Å². The van der Waals surface area contributed by atoms with Gasteiger partial charge in [-0.2, -0.15) is 5.26 Å². The molecule has 1 atom stereocenters. The maximum Gasteiger partial charge on any atom is 0.105 e. The Morgan fingerprint density at radius 3 is 2.71 bits per heavy atom. The predicted octanol–water partition coefficient (Wildman–Crippen LogP) is 3.24. The van der Waals surface area contributed by atoms with Crippen LogP contribution in [0.15, 0.2) is 10.5 Å². The Bertz CT molecular complexity index is 438. The Morgan fingerprint density at radius 1 is 1.53 bits per heavy atom. The van der Waals surface area contributed by atoms with Gasteiger partial charge in [0, 0.05) is 24.6 Å². The molecule has 0 aromatic carbocycles. The Kier molecular flexibility index (Phi) is 3.26. The van der Waals surface area contributed by atoms with Gasteiger partial charge in [-0.25, -0.2) is 0 Å². The molecular weight excluding hydrogens is 212 g/mol. The molecule has 0 saturated heterocycles. The van der Waals surface area contributed by atoms with Crippen molar-refractivity contribution in [3.05, 3.63) is 23.2 Å². The molecule has 3 heteroatoms. The molecule has 1 aromatic rings. The minimum absolute atomic E-state index is 0.260. The quantitative estimate of drug-likeness (QED) is 0.847. The van der Waals surface area contributed by atoms with Crippen molar-refractivity contribution in [2.24, 2.45) is 5.41 Å². The summed E-state index contributed by atoms with van der Waals surface area (Å²) in [6.07, 6.45) is 3.05. The zero-order chi connectivity index (χ0) is 12.5. The van der Waals surface area contributed by atoms with Crippen LogP contribution in [0, 0.1) is 30.6 Å². The summed E-state index contributed by atoms with van der Waals surface area (Å²) < 4.78 is 5.54. The highest BCUT2D eigenvalue weighted by Crippen LogP contribution is 2.48. The summed E-state index contributed by atoms with van der Waals surface area (Å²) >= 11 is 0. The second-order valence-electron chi connectivity index (χ2n) is 5.31. The van der Waals surface area contributed by atoms with E-state index in [-0.39, 0.29) is 5.41 Å². The van der Waals surface area contributed by atoms with E-state index >= 15 is 0 Å². The largest absolute Gasteiger partial charge is 0.466 e. The molecule has 92 valence electrons. The zero-order valence-corrected chi connectivity index (χ0v) is 10.8. The molecule has 1 aliphatic carbocycles. The van der Waals surface area contributed by atoms with Crippen LogP contribution in [0.25, 0.3) is 0 Å². The van der Waals surface area contributed by atoms with E-state index in [0.717, 1.165) is 18.1 Å². The summed E-state index contributed by atoms with van der Waals surface area (Å²) in [5, 5.41) is 12.3. The van der Waals surface area contributed by atoms with Crippen molar-refractivity contribution in [1.29, 1.82) is 5.26 Å². The highest BCUT2D eigenvalue weighted by Gasteiger charge is 2.42. The lowest BCUT2D eigenvalue weighted by Crippen LogP contribution is -2.26. The van der Waals surface area contributed by atoms with Crippen LogP contribution in [-0.2, 0) is 0 Å². The second kappa shape index (κ2) is 4.54. The summed E-state index contributed by atoms with van der Waals surface area (Å²) in [4.78, 5) is 0. The highest BCUT2D eigenvalue weighted by atomic mass is 16.3. The molecule has 1 fully saturated rings. The molecule has 0 aliphatic heterocycles. The number of aryl methyl sites for hydroxylation is 2. The van der Waals surface area contributed by atoms with Crippen molar-refractivity contribution < 1.29 is 4.42 Å². The SMILES string of the molecule is Cc1cc(C(C)NCC2(CC#N)CC2)c(C)o1. The van der Waals surface area contributed by atoms with Gasteiger partial charge in [-0.05, 0) is 45.1 Å². The third kappa shape index (κ3) is 2.70. The van der Waals surface area contributed by atoms with E-state index in [4.69, 9.17) is 9.68 Å². The normalized spacial score (nSPS) is 18.7. The van der Waals surface area contributed by atoms with Crippen LogP contribution >= 0.6 is 0 Å². The summed E-state index contributed by atoms with van der Waals surface area (Å²) in [7, 11) is 0. The first-order valence-corrected chi connectivity index (χ1v) is 6.24. The van der Waals surface area contributed by atoms with Crippen LogP contribution < -0.4 is 5.32 Å². The lowest BCUT2D eigenvalue weighted by molar-refractivity contribution is 0.427. The third-order valence-corrected chi connectivity index (χ3v) is 3.74. The first kappa shape index (κ1) is 12.2. The number of nitrogens with zero attached hydrogens (tertiary/aromatic N) is 1. The first-order chi connectivity index (χ1) is 8.06. The van der Waals surface area contributed by atoms with E-state index in [1.54, 1.807) is 0 Å². The van der Waals surface area contributed by atoms with Crippen LogP contribution in [0.3, 0.4) is 0 Å². The van der Waals surface area contributed by atoms with Gasteiger partial charge in [0.2, 0.25) is 0 Å². The Morgan fingerprint density at radius 2 is 2.24 bits per heavy atom. The molecule has 3 nitrogen and oxygen atoms in total. The van der Waals surface area contributed by atoms with Crippen LogP contribution in [0.1, 0.15) is 49.3 Å². The minimum atomic E-state index is 0.260. The Hall–Kier alpha value is -1.27. The number of hydrogen-bond donors (Lipinski definition) is 1. The van der Waals surface area contributed by atoms with Crippen molar-refractivity contribution in [2.45, 2.75) is 46.1 Å². The molecule has 0 amide bonds. The molecule has 1 heterocycles. The van der Waals surface area contributed by atoms with E-state index in [1.807, 2.05) is 13.8 Å². The summed E-state index contributed by atoms with van der Waals surface area (Å²) in [5.74, 6) is 1.96. The average molecular weight is 232 g/mol. The van der Waals surface area contributed by atoms with Crippen LogP contribution in [0.4, 0.5) is 0 Å². The van der Waals surface area contributed by atoms with Gasteiger partial charge in [0.05, 0.1) is 6.07 Å². The van der Waals surface area contributed by atoms with Crippen molar-refractivity contribution in [3.63, 3.8) is 0 Å². The maximum absolute atomic E-state index is 8.78. The Balaban J connectivity index is 1.92. The van der Waals surface area contributed by atoms with E-state index in [2.05, 4.69) is 24.4 Å². The third-order valence-electron chi connectivity index (χ3n) is 3.74. The monoisotopic (exact) mass is 232 g/mol. The summed E-state index contributed by atoms with van der Waals surface area (Å²) in [6.45, 7) is 7.06. The van der Waals surface area contributed by atoms with Crippen molar-refractivity contribution in [2.75, 3.05) is 6.54 Å². The first-order valence-electron chi connectivity index (χ1n) is 6.24. The fraction of sp³-hybridized carbons (Fsp3) is 0.643. The second-order valence-corrected chi connectivity index (χ2v) is 5.31. The van der Waals surface area contributed by atoms with E-state index < -0.39 is 0 Å². The molecule has 1 unspecified atom stereocenters. The van der Waals surface area contributed by atoms with Gasteiger partial charge in [-0.3, -0.25) is 0 Å². The van der Waals surface area contributed by atoms with Gasteiger partial charge in [0.15, 0.2) is 0 Å². The topological polar surface area (TPSA) is 49.0 Å². The number of furan rings is 1. The standard InChI is InChI=1S/C14H20N2O/c1-10-8-13(12(3)17-10)11(2)16-9-14(4-5-14)6-7-15/h8,11,16H,4-6,9H2,1-3H3. The fourth-order valence-electron chi connectivity index (χ4n) is 2.32. The fourth-order valence-corrected chi connectivity index (χ4v) is 2.32. The number of nitrogens with one attached hydrogen (secondary N) is 1. The van der Waals surface area contributed by atoms with Crippen molar-refractivity contribution in [3.8, 4) is 6.07 Å². The predicted molar refractivity (Wildman–Crippen MR) is 66.5 cm³/mol. The van der Waals surface area contributed by atoms with Gasteiger partial charge >= 0.3 is 0 Å². The average Bonchev–Trinajstić information content (AvgIpc) is 2.95. The number of nitriles is 1. The van der Waals surface area contributed by atoms with E-state index in [1.165, 1.54) is 18.4 Å². The van der Waals surface area contributed by atoms with Crippen molar-refractivity contribution >= 4 is 0 Å². The zero-order valence-electron chi connectivity index (χ0n) is 10.8. The molecule has 1 N–H and O–H groups in total. The number of hydrogen-bond acceptors (Lipinski definition) is 3. The number of rotatable bonds is 5. The molecule has 17 heavy (non-hydrogen) atoms. The van der Waals surface area contributed by atoms with E-state index in [9.17, 15) is 0 Å². The molecular formula is C14H20N2O. The lowest BCUT2D eigenvalue weighted by atomic mass is 10.0. The molecule has 0 radical (unpaired) electrons. The maximum atomic E-state index is 8.78. The molecule has 0 bridgehead atoms. The van der Waals surface area contributed by atoms with Crippen molar-refractivity contribution in [1.82, 2.24) is 5.32 Å². The van der Waals surface area contributed by atoms with Gasteiger partial charge in [0.25, 0.3) is 0 Å². The highest BCUT2D eigenvalue weighted by molar-refractivity contribution is 5.23. The molecule has 1 aromatic heterocycles.